The zero-order valence-corrected chi connectivity index (χ0v) is 12.6. The van der Waals surface area contributed by atoms with Gasteiger partial charge in [0.05, 0.1) is 0 Å². The summed E-state index contributed by atoms with van der Waals surface area (Å²) in [6, 6.07) is 21.7. The second kappa shape index (κ2) is 8.58. The van der Waals surface area contributed by atoms with Crippen LogP contribution in [0, 0.1) is 5.92 Å². The van der Waals surface area contributed by atoms with Crippen molar-refractivity contribution in [1.29, 1.82) is 0 Å². The maximum Gasteiger partial charge on any atom is -0.0276 e. The normalized spacial score (nSPS) is 12.2. The summed E-state index contributed by atoms with van der Waals surface area (Å²) >= 11 is 0. The third kappa shape index (κ3) is 5.61. The van der Waals surface area contributed by atoms with E-state index in [4.69, 9.17) is 0 Å². The van der Waals surface area contributed by atoms with E-state index in [1.807, 2.05) is 0 Å². The predicted molar refractivity (Wildman–Crippen MR) is 87.9 cm³/mol. The number of rotatable bonds is 8. The molecule has 0 aromatic heterocycles. The summed E-state index contributed by atoms with van der Waals surface area (Å²) in [6.45, 7) is 2.39. The predicted octanol–water partition coefficient (Wildman–Crippen LogP) is 5.67. The summed E-state index contributed by atoms with van der Waals surface area (Å²) in [7, 11) is 0. The fourth-order valence-corrected chi connectivity index (χ4v) is 2.67. The standard InChI is InChI=1S/C20H26/c1-18(16-17-20-13-6-3-7-14-20)10-8-9-15-19-11-4-2-5-12-19/h2-7,11-14,18H,8-10,15-17H2,1H3. The molecule has 0 bridgehead atoms. The molecule has 2 aromatic rings. The van der Waals surface area contributed by atoms with E-state index in [0.717, 1.165) is 5.92 Å². The van der Waals surface area contributed by atoms with Gasteiger partial charge < -0.3 is 0 Å². The number of hydrogen-bond donors (Lipinski definition) is 0. The summed E-state index contributed by atoms with van der Waals surface area (Å²) in [4.78, 5) is 0. The monoisotopic (exact) mass is 266 g/mol. The maximum absolute atomic E-state index is 2.39. The number of hydrogen-bond acceptors (Lipinski definition) is 0. The molecule has 0 spiro atoms. The van der Waals surface area contributed by atoms with Gasteiger partial charge in [-0.3, -0.25) is 0 Å². The van der Waals surface area contributed by atoms with Crippen LogP contribution in [-0.4, -0.2) is 0 Å². The van der Waals surface area contributed by atoms with E-state index in [1.54, 1.807) is 0 Å². The van der Waals surface area contributed by atoms with Crippen molar-refractivity contribution in [3.8, 4) is 0 Å². The Morgan fingerprint density at radius 2 is 1.20 bits per heavy atom. The lowest BCUT2D eigenvalue weighted by molar-refractivity contribution is 0.466. The van der Waals surface area contributed by atoms with Gasteiger partial charge in [0.2, 0.25) is 0 Å². The molecule has 1 atom stereocenters. The Labute approximate surface area is 123 Å². The van der Waals surface area contributed by atoms with Crippen LogP contribution in [0.3, 0.4) is 0 Å². The van der Waals surface area contributed by atoms with Crippen LogP contribution in [0.5, 0.6) is 0 Å². The molecule has 0 aliphatic heterocycles. The maximum atomic E-state index is 2.39. The summed E-state index contributed by atoms with van der Waals surface area (Å²) in [6.07, 6.45) is 7.80. The van der Waals surface area contributed by atoms with Crippen LogP contribution in [-0.2, 0) is 12.8 Å². The molecule has 0 N–H and O–H groups in total. The molecule has 0 aliphatic carbocycles. The highest BCUT2D eigenvalue weighted by Gasteiger charge is 2.03. The number of aryl methyl sites for hydroxylation is 2. The number of unbranched alkanes of at least 4 members (excludes halogenated alkanes) is 1. The Morgan fingerprint density at radius 3 is 1.80 bits per heavy atom. The van der Waals surface area contributed by atoms with Crippen LogP contribution in [0.1, 0.15) is 43.7 Å². The molecule has 0 aliphatic rings. The molecule has 0 radical (unpaired) electrons. The quantitative estimate of drug-likeness (QED) is 0.540. The fraction of sp³-hybridized carbons (Fsp3) is 0.400. The SMILES string of the molecule is CC(CCCCc1ccccc1)CCc1ccccc1. The van der Waals surface area contributed by atoms with Crippen molar-refractivity contribution in [3.63, 3.8) is 0 Å². The average molecular weight is 266 g/mol. The summed E-state index contributed by atoms with van der Waals surface area (Å²) < 4.78 is 0. The van der Waals surface area contributed by atoms with Crippen molar-refractivity contribution in [2.75, 3.05) is 0 Å². The zero-order chi connectivity index (χ0) is 14.0. The van der Waals surface area contributed by atoms with Crippen molar-refractivity contribution in [1.82, 2.24) is 0 Å². The first kappa shape index (κ1) is 14.8. The molecule has 0 amide bonds. The van der Waals surface area contributed by atoms with E-state index in [9.17, 15) is 0 Å². The molecular formula is C20H26. The van der Waals surface area contributed by atoms with Crippen molar-refractivity contribution >= 4 is 0 Å². The first-order valence-corrected chi connectivity index (χ1v) is 7.92. The minimum atomic E-state index is 0.839. The van der Waals surface area contributed by atoms with Crippen LogP contribution in [0.4, 0.5) is 0 Å². The Kier molecular flexibility index (Phi) is 6.37. The lowest BCUT2D eigenvalue weighted by Gasteiger charge is -2.11. The van der Waals surface area contributed by atoms with E-state index < -0.39 is 0 Å². The largest absolute Gasteiger partial charge is 0.0625 e. The van der Waals surface area contributed by atoms with Gasteiger partial charge in [-0.1, -0.05) is 80.4 Å². The Morgan fingerprint density at radius 1 is 0.650 bits per heavy atom. The number of benzene rings is 2. The Hall–Kier alpha value is -1.56. The van der Waals surface area contributed by atoms with Crippen molar-refractivity contribution in [3.05, 3.63) is 71.8 Å². The van der Waals surface area contributed by atoms with Gasteiger partial charge in [-0.05, 0) is 42.7 Å². The second-order valence-electron chi connectivity index (χ2n) is 5.86. The fourth-order valence-electron chi connectivity index (χ4n) is 2.67. The first-order chi connectivity index (χ1) is 9.84. The molecule has 0 fully saturated rings. The highest BCUT2D eigenvalue weighted by atomic mass is 14.1. The van der Waals surface area contributed by atoms with Crippen LogP contribution >= 0.6 is 0 Å². The minimum Gasteiger partial charge on any atom is -0.0625 e. The minimum absolute atomic E-state index is 0.839. The molecule has 2 rings (SSSR count). The van der Waals surface area contributed by atoms with Gasteiger partial charge in [0.15, 0.2) is 0 Å². The van der Waals surface area contributed by atoms with Crippen LogP contribution < -0.4 is 0 Å². The molecule has 0 heteroatoms. The van der Waals surface area contributed by atoms with E-state index in [-0.39, 0.29) is 0 Å². The first-order valence-electron chi connectivity index (χ1n) is 7.92. The molecule has 20 heavy (non-hydrogen) atoms. The molecule has 2 aromatic carbocycles. The molecule has 0 saturated heterocycles. The van der Waals surface area contributed by atoms with E-state index in [0.29, 0.717) is 0 Å². The highest BCUT2D eigenvalue weighted by molar-refractivity contribution is 5.15. The molecule has 0 nitrogen and oxygen atoms in total. The van der Waals surface area contributed by atoms with E-state index in [1.165, 1.54) is 49.7 Å². The van der Waals surface area contributed by atoms with Crippen molar-refractivity contribution in [2.24, 2.45) is 5.92 Å². The molecule has 1 unspecified atom stereocenters. The smallest absolute Gasteiger partial charge is 0.0276 e. The van der Waals surface area contributed by atoms with Crippen LogP contribution in [0.25, 0.3) is 0 Å². The van der Waals surface area contributed by atoms with Crippen LogP contribution in [0.15, 0.2) is 60.7 Å². The Bertz CT molecular complexity index is 458. The van der Waals surface area contributed by atoms with Gasteiger partial charge in [-0.15, -0.1) is 0 Å². The lowest BCUT2D eigenvalue weighted by Crippen LogP contribution is -1.98. The Balaban J connectivity index is 1.57. The van der Waals surface area contributed by atoms with Gasteiger partial charge in [0, 0.05) is 0 Å². The van der Waals surface area contributed by atoms with E-state index >= 15 is 0 Å². The van der Waals surface area contributed by atoms with Gasteiger partial charge >= 0.3 is 0 Å². The topological polar surface area (TPSA) is 0 Å². The second-order valence-corrected chi connectivity index (χ2v) is 5.86. The van der Waals surface area contributed by atoms with Crippen molar-refractivity contribution in [2.45, 2.75) is 45.4 Å². The molecule has 0 heterocycles. The zero-order valence-electron chi connectivity index (χ0n) is 12.6. The van der Waals surface area contributed by atoms with Gasteiger partial charge in [0.25, 0.3) is 0 Å². The highest BCUT2D eigenvalue weighted by Crippen LogP contribution is 2.16. The summed E-state index contributed by atoms with van der Waals surface area (Å²) in [5.41, 5.74) is 2.95. The van der Waals surface area contributed by atoms with E-state index in [2.05, 4.69) is 67.6 Å². The van der Waals surface area contributed by atoms with Gasteiger partial charge in [0.1, 0.15) is 0 Å². The van der Waals surface area contributed by atoms with Crippen molar-refractivity contribution < 1.29 is 0 Å². The van der Waals surface area contributed by atoms with Crippen LogP contribution in [0.2, 0.25) is 0 Å². The third-order valence-corrected chi connectivity index (χ3v) is 4.02. The third-order valence-electron chi connectivity index (χ3n) is 4.02. The van der Waals surface area contributed by atoms with Gasteiger partial charge in [-0.2, -0.15) is 0 Å². The van der Waals surface area contributed by atoms with Gasteiger partial charge in [-0.25, -0.2) is 0 Å². The molecule has 106 valence electrons. The summed E-state index contributed by atoms with van der Waals surface area (Å²) in [5.74, 6) is 0.839. The summed E-state index contributed by atoms with van der Waals surface area (Å²) in [5, 5.41) is 0. The molecule has 0 saturated carbocycles. The average Bonchev–Trinajstić information content (AvgIpc) is 2.52. The lowest BCUT2D eigenvalue weighted by atomic mass is 9.95. The molecular weight excluding hydrogens is 240 g/mol.